The van der Waals surface area contributed by atoms with Crippen LogP contribution in [0.15, 0.2) is 53.5 Å². The van der Waals surface area contributed by atoms with Crippen molar-refractivity contribution in [1.29, 1.82) is 0 Å². The van der Waals surface area contributed by atoms with Crippen molar-refractivity contribution >= 4 is 29.0 Å². The number of amidine groups is 1. The zero-order chi connectivity index (χ0) is 20.3. The highest BCUT2D eigenvalue weighted by atomic mass is 35.5. The maximum Gasteiger partial charge on any atom is 0.255 e. The van der Waals surface area contributed by atoms with E-state index in [0.29, 0.717) is 43.4 Å². The summed E-state index contributed by atoms with van der Waals surface area (Å²) in [7, 11) is 1.67. The third-order valence-electron chi connectivity index (χ3n) is 5.57. The van der Waals surface area contributed by atoms with Gasteiger partial charge in [-0.25, -0.2) is 0 Å². The standard InChI is InChI=1S/C22H25ClN4O2/c1-29-13-11-24-21-22(25-14-16-6-2-5-9-19(16)26-21)10-12-27(15-22)20(28)17-7-3-4-8-18(17)23/h2-9,25H,10-15H2,1H3,(H,24,26)/t22-/m1/s1. The molecule has 6 nitrogen and oxygen atoms in total. The van der Waals surface area contributed by atoms with E-state index in [1.165, 1.54) is 5.56 Å². The second-order valence-corrected chi connectivity index (χ2v) is 7.80. The van der Waals surface area contributed by atoms with Crippen LogP contribution in [0.2, 0.25) is 5.02 Å². The highest BCUT2D eigenvalue weighted by Crippen LogP contribution is 2.31. The summed E-state index contributed by atoms with van der Waals surface area (Å²) in [5, 5.41) is 7.69. The van der Waals surface area contributed by atoms with E-state index >= 15 is 0 Å². The molecule has 0 aromatic heterocycles. The Kier molecular flexibility index (Phi) is 5.85. The third-order valence-corrected chi connectivity index (χ3v) is 5.90. The normalized spacial score (nSPS) is 22.4. The second-order valence-electron chi connectivity index (χ2n) is 7.40. The Morgan fingerprint density at radius 3 is 2.86 bits per heavy atom. The molecular weight excluding hydrogens is 388 g/mol. The summed E-state index contributed by atoms with van der Waals surface area (Å²) in [4.78, 5) is 19.8. The average Bonchev–Trinajstić information content (AvgIpc) is 3.11. The number of halogens is 1. The number of anilines is 1. The number of ether oxygens (including phenoxy) is 1. The maximum atomic E-state index is 13.1. The minimum absolute atomic E-state index is 0.0488. The van der Waals surface area contributed by atoms with Gasteiger partial charge in [-0.2, -0.15) is 0 Å². The van der Waals surface area contributed by atoms with Gasteiger partial charge in [0.2, 0.25) is 0 Å². The Balaban J connectivity index is 1.62. The Labute approximate surface area is 175 Å². The number of nitrogens with one attached hydrogen (secondary N) is 2. The van der Waals surface area contributed by atoms with Crippen LogP contribution < -0.4 is 10.6 Å². The van der Waals surface area contributed by atoms with Crippen molar-refractivity contribution in [2.75, 3.05) is 38.7 Å². The zero-order valence-corrected chi connectivity index (χ0v) is 17.2. The zero-order valence-electron chi connectivity index (χ0n) is 16.5. The summed E-state index contributed by atoms with van der Waals surface area (Å²) in [6, 6.07) is 15.4. The largest absolute Gasteiger partial charge is 0.383 e. The van der Waals surface area contributed by atoms with Gasteiger partial charge in [0.1, 0.15) is 5.84 Å². The van der Waals surface area contributed by atoms with Gasteiger partial charge >= 0.3 is 0 Å². The molecule has 1 saturated heterocycles. The van der Waals surface area contributed by atoms with Crippen LogP contribution in [0.25, 0.3) is 0 Å². The molecule has 1 atom stereocenters. The molecule has 2 heterocycles. The van der Waals surface area contributed by atoms with Crippen LogP contribution in [0.3, 0.4) is 0 Å². The fraction of sp³-hybridized carbons (Fsp3) is 0.364. The van der Waals surface area contributed by atoms with Crippen molar-refractivity contribution in [2.24, 2.45) is 4.99 Å². The molecule has 2 aliphatic heterocycles. The lowest BCUT2D eigenvalue weighted by Gasteiger charge is -2.30. The van der Waals surface area contributed by atoms with Crippen molar-refractivity contribution in [3.05, 3.63) is 64.7 Å². The number of methoxy groups -OCH3 is 1. The van der Waals surface area contributed by atoms with Crippen molar-refractivity contribution in [3.8, 4) is 0 Å². The Hall–Kier alpha value is -2.41. The van der Waals surface area contributed by atoms with Gasteiger partial charge in [0.05, 0.1) is 29.3 Å². The van der Waals surface area contributed by atoms with Gasteiger partial charge in [0.25, 0.3) is 5.91 Å². The SMILES string of the molecule is COCCN=C1Nc2ccccc2CN[C@@]12CCN(C(=O)c1ccccc1Cl)C2. The van der Waals surface area contributed by atoms with E-state index in [-0.39, 0.29) is 5.91 Å². The van der Waals surface area contributed by atoms with Gasteiger partial charge in [-0.3, -0.25) is 15.1 Å². The molecule has 2 aromatic rings. The van der Waals surface area contributed by atoms with Gasteiger partial charge in [0, 0.05) is 32.4 Å². The number of hydrogen-bond donors (Lipinski definition) is 2. The first kappa shape index (κ1) is 19.9. The highest BCUT2D eigenvalue weighted by molar-refractivity contribution is 6.33. The van der Waals surface area contributed by atoms with Gasteiger partial charge < -0.3 is 15.0 Å². The molecule has 4 rings (SSSR count). The quantitative estimate of drug-likeness (QED) is 0.757. The number of benzene rings is 2. The second kappa shape index (κ2) is 8.53. The van der Waals surface area contributed by atoms with E-state index in [0.717, 1.165) is 17.9 Å². The Bertz CT molecular complexity index is 933. The van der Waals surface area contributed by atoms with Crippen LogP contribution in [0, 0.1) is 0 Å². The fourth-order valence-corrected chi connectivity index (χ4v) is 4.17. The predicted molar refractivity (Wildman–Crippen MR) is 116 cm³/mol. The molecule has 2 N–H and O–H groups in total. The molecule has 29 heavy (non-hydrogen) atoms. The number of hydrogen-bond acceptors (Lipinski definition) is 4. The fourth-order valence-electron chi connectivity index (χ4n) is 3.96. The van der Waals surface area contributed by atoms with Gasteiger partial charge in [-0.05, 0) is 30.2 Å². The summed E-state index contributed by atoms with van der Waals surface area (Å²) >= 11 is 6.26. The molecule has 0 saturated carbocycles. The maximum absolute atomic E-state index is 13.1. The Morgan fingerprint density at radius 1 is 1.24 bits per heavy atom. The molecule has 1 fully saturated rings. The van der Waals surface area contributed by atoms with E-state index in [4.69, 9.17) is 21.3 Å². The van der Waals surface area contributed by atoms with E-state index < -0.39 is 5.54 Å². The molecule has 2 aromatic carbocycles. The van der Waals surface area contributed by atoms with Gasteiger partial charge in [-0.15, -0.1) is 0 Å². The number of fused-ring (bicyclic) bond motifs is 1. The van der Waals surface area contributed by atoms with E-state index in [1.807, 2.05) is 29.2 Å². The summed E-state index contributed by atoms with van der Waals surface area (Å²) in [5.74, 6) is 0.807. The number of carbonyl (C=O) groups excluding carboxylic acids is 1. The first-order valence-corrected chi connectivity index (χ1v) is 10.2. The molecule has 2 aliphatic rings. The van der Waals surface area contributed by atoms with Crippen molar-refractivity contribution in [2.45, 2.75) is 18.5 Å². The van der Waals surface area contributed by atoms with E-state index in [2.05, 4.69) is 22.8 Å². The van der Waals surface area contributed by atoms with Crippen LogP contribution in [0.1, 0.15) is 22.3 Å². The average molecular weight is 413 g/mol. The summed E-state index contributed by atoms with van der Waals surface area (Å²) < 4.78 is 5.18. The highest BCUT2D eigenvalue weighted by Gasteiger charge is 2.45. The molecule has 0 aliphatic carbocycles. The number of nitrogens with zero attached hydrogens (tertiary/aromatic N) is 2. The minimum Gasteiger partial charge on any atom is -0.383 e. The Morgan fingerprint density at radius 2 is 2.03 bits per heavy atom. The molecule has 1 amide bonds. The van der Waals surface area contributed by atoms with Crippen LogP contribution in [-0.4, -0.2) is 55.5 Å². The molecule has 0 radical (unpaired) electrons. The smallest absolute Gasteiger partial charge is 0.255 e. The van der Waals surface area contributed by atoms with E-state index in [1.54, 1.807) is 19.2 Å². The molecule has 152 valence electrons. The first-order chi connectivity index (χ1) is 14.1. The number of carbonyl (C=O) groups is 1. The van der Waals surface area contributed by atoms with Crippen LogP contribution >= 0.6 is 11.6 Å². The van der Waals surface area contributed by atoms with Gasteiger partial charge in [0.15, 0.2) is 0 Å². The number of likely N-dealkylation sites (tertiary alicyclic amines) is 1. The predicted octanol–water partition coefficient (Wildman–Crippen LogP) is 3.18. The van der Waals surface area contributed by atoms with Crippen molar-refractivity contribution in [1.82, 2.24) is 10.2 Å². The summed E-state index contributed by atoms with van der Waals surface area (Å²) in [6.07, 6.45) is 0.774. The topological polar surface area (TPSA) is 66.0 Å². The monoisotopic (exact) mass is 412 g/mol. The lowest BCUT2D eigenvalue weighted by Crippen LogP contribution is -2.55. The summed E-state index contributed by atoms with van der Waals surface area (Å²) in [5.41, 5.74) is 2.33. The van der Waals surface area contributed by atoms with Crippen LogP contribution in [0.5, 0.6) is 0 Å². The number of amides is 1. The molecule has 0 bridgehead atoms. The van der Waals surface area contributed by atoms with Crippen LogP contribution in [0.4, 0.5) is 5.69 Å². The van der Waals surface area contributed by atoms with Gasteiger partial charge in [-0.1, -0.05) is 41.9 Å². The van der Waals surface area contributed by atoms with Crippen LogP contribution in [-0.2, 0) is 11.3 Å². The van der Waals surface area contributed by atoms with Crippen molar-refractivity contribution in [3.63, 3.8) is 0 Å². The molecular formula is C22H25ClN4O2. The van der Waals surface area contributed by atoms with Crippen molar-refractivity contribution < 1.29 is 9.53 Å². The number of para-hydroxylation sites is 1. The number of aliphatic imine (C=N–C) groups is 1. The molecule has 7 heteroatoms. The number of rotatable bonds is 4. The summed E-state index contributed by atoms with van der Waals surface area (Å²) in [6.45, 7) is 2.98. The molecule has 1 spiro atoms. The van der Waals surface area contributed by atoms with E-state index in [9.17, 15) is 4.79 Å². The minimum atomic E-state index is -0.427. The molecule has 0 unspecified atom stereocenters. The lowest BCUT2D eigenvalue weighted by molar-refractivity contribution is 0.0786. The first-order valence-electron chi connectivity index (χ1n) is 9.80. The third kappa shape index (κ3) is 4.01. The lowest BCUT2D eigenvalue weighted by atomic mass is 9.96.